The Kier molecular flexibility index (Phi) is 6.39. The van der Waals surface area contributed by atoms with Gasteiger partial charge < -0.3 is 15.2 Å². The number of benzene rings is 3. The van der Waals surface area contributed by atoms with Crippen molar-refractivity contribution < 1.29 is 23.1 Å². The molecule has 0 bridgehead atoms. The van der Waals surface area contributed by atoms with Gasteiger partial charge in [0.05, 0.1) is 11.3 Å². The average molecular weight is 426 g/mol. The number of nitrogens with one attached hydrogen (secondary N) is 1. The number of carboxylic acids is 1. The lowest BCUT2D eigenvalue weighted by molar-refractivity contribution is 0.0692. The fourth-order valence-electron chi connectivity index (χ4n) is 2.99. The molecule has 0 aliphatic carbocycles. The molecular weight excluding hydrogens is 404 g/mol. The Balaban J connectivity index is 2.01. The Morgan fingerprint density at radius 3 is 2.30 bits per heavy atom. The summed E-state index contributed by atoms with van der Waals surface area (Å²) in [4.78, 5) is 11.1. The predicted molar refractivity (Wildman–Crippen MR) is 115 cm³/mol. The molecule has 0 amide bonds. The fraction of sp³-hybridized carbons (Fsp3) is 0.136. The quantitative estimate of drug-likeness (QED) is 0.504. The minimum Gasteiger partial charge on any atom is -0.478 e. The second kappa shape index (κ2) is 8.98. The standard InChI is InChI=1S/C22H22N2O5S/c1-15-7-9-17(10-8-15)29-19-12-11-18(22(25)26)21(30(23,27)28)20(19)24-14-13-16-5-3-2-4-6-16/h2-12,24H,13-14H2,1H3,(H,25,26)(H2,23,27,28). The molecule has 0 aliphatic heterocycles. The van der Waals surface area contributed by atoms with Gasteiger partial charge in [-0.3, -0.25) is 0 Å². The second-order valence-corrected chi connectivity index (χ2v) is 8.24. The van der Waals surface area contributed by atoms with E-state index in [-0.39, 0.29) is 11.4 Å². The summed E-state index contributed by atoms with van der Waals surface area (Å²) >= 11 is 0. The third-order valence-corrected chi connectivity index (χ3v) is 5.43. The molecule has 0 saturated heterocycles. The van der Waals surface area contributed by atoms with Crippen LogP contribution in [0.1, 0.15) is 21.5 Å². The van der Waals surface area contributed by atoms with E-state index in [1.165, 1.54) is 12.1 Å². The molecule has 30 heavy (non-hydrogen) atoms. The first-order chi connectivity index (χ1) is 14.3. The summed E-state index contributed by atoms with van der Waals surface area (Å²) in [6.07, 6.45) is 0.589. The Morgan fingerprint density at radius 2 is 1.70 bits per heavy atom. The number of carboxylic acid groups (broad SMARTS) is 1. The molecule has 0 aliphatic rings. The van der Waals surface area contributed by atoms with Gasteiger partial charge in [0.15, 0.2) is 5.75 Å². The molecule has 156 valence electrons. The maximum Gasteiger partial charge on any atom is 0.337 e. The lowest BCUT2D eigenvalue weighted by Crippen LogP contribution is -2.20. The lowest BCUT2D eigenvalue weighted by atomic mass is 10.1. The van der Waals surface area contributed by atoms with E-state index in [0.717, 1.165) is 11.1 Å². The second-order valence-electron chi connectivity index (χ2n) is 6.74. The highest BCUT2D eigenvalue weighted by Gasteiger charge is 2.26. The number of hydrogen-bond donors (Lipinski definition) is 3. The number of hydrogen-bond acceptors (Lipinski definition) is 5. The van der Waals surface area contributed by atoms with Crippen molar-refractivity contribution in [2.75, 3.05) is 11.9 Å². The van der Waals surface area contributed by atoms with E-state index in [0.29, 0.717) is 18.7 Å². The first-order valence-electron chi connectivity index (χ1n) is 9.21. The third-order valence-electron chi connectivity index (χ3n) is 4.44. The number of anilines is 1. The van der Waals surface area contributed by atoms with Gasteiger partial charge >= 0.3 is 5.97 Å². The lowest BCUT2D eigenvalue weighted by Gasteiger charge is -2.18. The summed E-state index contributed by atoms with van der Waals surface area (Å²) in [6, 6.07) is 19.4. The largest absolute Gasteiger partial charge is 0.478 e. The van der Waals surface area contributed by atoms with Crippen molar-refractivity contribution in [3.8, 4) is 11.5 Å². The van der Waals surface area contributed by atoms with E-state index >= 15 is 0 Å². The van der Waals surface area contributed by atoms with E-state index in [2.05, 4.69) is 5.32 Å². The Hall–Kier alpha value is -3.36. The molecule has 0 radical (unpaired) electrons. The van der Waals surface area contributed by atoms with Crippen LogP contribution in [0.4, 0.5) is 5.69 Å². The van der Waals surface area contributed by atoms with Crippen LogP contribution in [0.2, 0.25) is 0 Å². The van der Waals surface area contributed by atoms with Gasteiger partial charge in [-0.15, -0.1) is 0 Å². The minimum absolute atomic E-state index is 0.0221. The highest BCUT2D eigenvalue weighted by Crippen LogP contribution is 2.37. The van der Waals surface area contributed by atoms with Crippen LogP contribution in [0.3, 0.4) is 0 Å². The van der Waals surface area contributed by atoms with Crippen LogP contribution in [0.15, 0.2) is 71.6 Å². The first-order valence-corrected chi connectivity index (χ1v) is 10.8. The fourth-order valence-corrected chi connectivity index (χ4v) is 3.91. The summed E-state index contributed by atoms with van der Waals surface area (Å²) in [7, 11) is -4.35. The molecule has 4 N–H and O–H groups in total. The molecule has 0 unspecified atom stereocenters. The van der Waals surface area contributed by atoms with Gasteiger partial charge in [0.25, 0.3) is 0 Å². The van der Waals surface area contributed by atoms with E-state index < -0.39 is 26.5 Å². The number of carbonyl (C=O) groups is 1. The third kappa shape index (κ3) is 5.16. The Bertz CT molecular complexity index is 1140. The molecule has 3 rings (SSSR count). The molecule has 0 fully saturated rings. The summed E-state index contributed by atoms with van der Waals surface area (Å²) in [5, 5.41) is 17.9. The van der Waals surface area contributed by atoms with Crippen molar-refractivity contribution in [2.45, 2.75) is 18.2 Å². The molecule has 0 spiro atoms. The number of ether oxygens (including phenoxy) is 1. The summed E-state index contributed by atoms with van der Waals surface area (Å²) < 4.78 is 30.4. The average Bonchev–Trinajstić information content (AvgIpc) is 2.70. The van der Waals surface area contributed by atoms with Crippen LogP contribution >= 0.6 is 0 Å². The Morgan fingerprint density at radius 1 is 1.03 bits per heavy atom. The maximum atomic E-state index is 12.3. The molecule has 3 aromatic rings. The van der Waals surface area contributed by atoms with E-state index in [9.17, 15) is 18.3 Å². The van der Waals surface area contributed by atoms with E-state index in [4.69, 9.17) is 9.88 Å². The van der Waals surface area contributed by atoms with E-state index in [1.807, 2.05) is 49.4 Å². The Labute approximate surface area is 175 Å². The molecular formula is C22H22N2O5S. The van der Waals surface area contributed by atoms with E-state index in [1.54, 1.807) is 12.1 Å². The van der Waals surface area contributed by atoms with Gasteiger partial charge in [0.2, 0.25) is 10.0 Å². The van der Waals surface area contributed by atoms with Crippen LogP contribution in [0, 0.1) is 6.92 Å². The zero-order chi connectivity index (χ0) is 21.7. The zero-order valence-corrected chi connectivity index (χ0v) is 17.1. The van der Waals surface area contributed by atoms with Crippen molar-refractivity contribution >= 4 is 21.7 Å². The topological polar surface area (TPSA) is 119 Å². The molecule has 0 saturated carbocycles. The van der Waals surface area contributed by atoms with Crippen molar-refractivity contribution in [3.63, 3.8) is 0 Å². The molecule has 0 heterocycles. The van der Waals surface area contributed by atoms with Gasteiger partial charge in [-0.2, -0.15) is 0 Å². The summed E-state index contributed by atoms with van der Waals surface area (Å²) in [6.45, 7) is 2.28. The van der Waals surface area contributed by atoms with Gasteiger partial charge in [-0.1, -0.05) is 48.0 Å². The van der Waals surface area contributed by atoms with Gasteiger partial charge in [0.1, 0.15) is 10.6 Å². The van der Waals surface area contributed by atoms with Crippen molar-refractivity contribution in [1.29, 1.82) is 0 Å². The van der Waals surface area contributed by atoms with Crippen LogP contribution < -0.4 is 15.2 Å². The highest BCUT2D eigenvalue weighted by atomic mass is 32.2. The molecule has 0 aromatic heterocycles. The predicted octanol–water partition coefficient (Wildman–Crippen LogP) is 3.79. The van der Waals surface area contributed by atoms with Crippen LogP contribution in [-0.2, 0) is 16.4 Å². The first kappa shape index (κ1) is 21.4. The van der Waals surface area contributed by atoms with Crippen molar-refractivity contribution in [3.05, 3.63) is 83.4 Å². The number of sulfonamides is 1. The smallest absolute Gasteiger partial charge is 0.337 e. The molecule has 0 atom stereocenters. The number of primary sulfonamides is 1. The van der Waals surface area contributed by atoms with Crippen molar-refractivity contribution in [1.82, 2.24) is 0 Å². The normalized spacial score (nSPS) is 11.1. The van der Waals surface area contributed by atoms with Crippen molar-refractivity contribution in [2.24, 2.45) is 5.14 Å². The van der Waals surface area contributed by atoms with Crippen LogP contribution in [0.25, 0.3) is 0 Å². The highest BCUT2D eigenvalue weighted by molar-refractivity contribution is 7.89. The van der Waals surface area contributed by atoms with Gasteiger partial charge in [-0.05, 0) is 43.2 Å². The monoisotopic (exact) mass is 426 g/mol. The zero-order valence-electron chi connectivity index (χ0n) is 16.3. The molecule has 7 nitrogen and oxygen atoms in total. The minimum atomic E-state index is -4.35. The van der Waals surface area contributed by atoms with Crippen LogP contribution in [-0.4, -0.2) is 26.0 Å². The summed E-state index contributed by atoms with van der Waals surface area (Å²) in [5.41, 5.74) is 1.68. The number of rotatable bonds is 8. The maximum absolute atomic E-state index is 12.3. The number of aromatic carboxylic acids is 1. The van der Waals surface area contributed by atoms with Crippen LogP contribution in [0.5, 0.6) is 11.5 Å². The summed E-state index contributed by atoms with van der Waals surface area (Å²) in [5.74, 6) is -0.747. The van der Waals surface area contributed by atoms with Gasteiger partial charge in [0, 0.05) is 6.54 Å². The SMILES string of the molecule is Cc1ccc(Oc2ccc(C(=O)O)c(S(N)(=O)=O)c2NCCc2ccccc2)cc1. The number of nitrogens with two attached hydrogens (primary N) is 1. The van der Waals surface area contributed by atoms with Gasteiger partial charge in [-0.25, -0.2) is 18.4 Å². The molecule has 8 heteroatoms. The number of aryl methyl sites for hydroxylation is 1. The molecule has 3 aromatic carbocycles.